The normalized spacial score (nSPS) is 21.6. The first kappa shape index (κ1) is 13.7. The van der Waals surface area contributed by atoms with E-state index in [9.17, 15) is 5.11 Å². The quantitative estimate of drug-likeness (QED) is 0.865. The molecule has 1 saturated carbocycles. The molecule has 0 unspecified atom stereocenters. The van der Waals surface area contributed by atoms with Crippen molar-refractivity contribution in [2.45, 2.75) is 25.3 Å². The van der Waals surface area contributed by atoms with Crippen molar-refractivity contribution in [1.82, 2.24) is 10.2 Å². The molecule has 0 radical (unpaired) electrons. The third-order valence-corrected chi connectivity index (χ3v) is 4.44. The lowest BCUT2D eigenvalue weighted by Crippen LogP contribution is -2.45. The van der Waals surface area contributed by atoms with Gasteiger partial charge in [-0.3, -0.25) is 4.90 Å². The van der Waals surface area contributed by atoms with Gasteiger partial charge < -0.3 is 15.2 Å². The second-order valence-electron chi connectivity index (χ2n) is 5.87. The molecule has 1 aliphatic heterocycles. The summed E-state index contributed by atoms with van der Waals surface area (Å²) in [5, 5.41) is 13.7. The Kier molecular flexibility index (Phi) is 4.13. The first-order valence-electron chi connectivity index (χ1n) is 7.60. The molecule has 1 atom stereocenters. The standard InChI is InChI=1S/C16H24N2O2/c1-20-15-4-2-3-14(19)16(15)13(11-12-5-6-12)18-9-7-17-8-10-18/h2-4,12-13,17,19H,5-11H2,1H3/t13-/m0/s1. The van der Waals surface area contributed by atoms with Gasteiger partial charge in [-0.05, 0) is 24.5 Å². The highest BCUT2D eigenvalue weighted by atomic mass is 16.5. The van der Waals surface area contributed by atoms with Crippen molar-refractivity contribution in [3.8, 4) is 11.5 Å². The molecule has 0 spiro atoms. The van der Waals surface area contributed by atoms with Crippen LogP contribution in [-0.4, -0.2) is 43.3 Å². The van der Waals surface area contributed by atoms with E-state index in [-0.39, 0.29) is 6.04 Å². The number of methoxy groups -OCH3 is 1. The number of phenols is 1. The van der Waals surface area contributed by atoms with Crippen LogP contribution in [0.15, 0.2) is 18.2 Å². The van der Waals surface area contributed by atoms with Gasteiger partial charge in [-0.25, -0.2) is 0 Å². The van der Waals surface area contributed by atoms with Gasteiger partial charge in [0.15, 0.2) is 0 Å². The number of rotatable bonds is 5. The molecule has 3 rings (SSSR count). The SMILES string of the molecule is COc1cccc(O)c1[C@H](CC1CC1)N1CCNCC1. The summed E-state index contributed by atoms with van der Waals surface area (Å²) < 4.78 is 5.50. The van der Waals surface area contributed by atoms with Crippen molar-refractivity contribution < 1.29 is 9.84 Å². The maximum Gasteiger partial charge on any atom is 0.127 e. The maximum atomic E-state index is 10.3. The van der Waals surface area contributed by atoms with Crippen LogP contribution in [0.4, 0.5) is 0 Å². The minimum Gasteiger partial charge on any atom is -0.507 e. The third kappa shape index (κ3) is 2.91. The smallest absolute Gasteiger partial charge is 0.127 e. The molecule has 0 bridgehead atoms. The Labute approximate surface area is 120 Å². The number of ether oxygens (including phenoxy) is 1. The number of benzene rings is 1. The molecule has 0 aromatic heterocycles. The molecule has 4 heteroatoms. The van der Waals surface area contributed by atoms with Gasteiger partial charge in [0.1, 0.15) is 11.5 Å². The number of hydrogen-bond donors (Lipinski definition) is 2. The van der Waals surface area contributed by atoms with E-state index in [4.69, 9.17) is 4.74 Å². The molecule has 2 N–H and O–H groups in total. The van der Waals surface area contributed by atoms with Gasteiger partial charge in [-0.1, -0.05) is 18.9 Å². The van der Waals surface area contributed by atoms with Crippen molar-refractivity contribution in [3.63, 3.8) is 0 Å². The zero-order chi connectivity index (χ0) is 13.9. The van der Waals surface area contributed by atoms with Crippen LogP contribution in [0.25, 0.3) is 0 Å². The van der Waals surface area contributed by atoms with Crippen LogP contribution < -0.4 is 10.1 Å². The van der Waals surface area contributed by atoms with E-state index < -0.39 is 0 Å². The summed E-state index contributed by atoms with van der Waals surface area (Å²) in [4.78, 5) is 2.49. The number of phenolic OH excluding ortho intramolecular Hbond substituents is 1. The van der Waals surface area contributed by atoms with Crippen molar-refractivity contribution in [2.75, 3.05) is 33.3 Å². The highest BCUT2D eigenvalue weighted by Crippen LogP contribution is 2.45. The summed E-state index contributed by atoms with van der Waals surface area (Å²) in [6.07, 6.45) is 3.80. The monoisotopic (exact) mass is 276 g/mol. The molecule has 1 heterocycles. The van der Waals surface area contributed by atoms with E-state index in [1.807, 2.05) is 12.1 Å². The van der Waals surface area contributed by atoms with Crippen LogP contribution in [0, 0.1) is 5.92 Å². The van der Waals surface area contributed by atoms with Crippen LogP contribution in [0.1, 0.15) is 30.9 Å². The average Bonchev–Trinajstić information content (AvgIpc) is 3.30. The van der Waals surface area contributed by atoms with Crippen LogP contribution in [0.3, 0.4) is 0 Å². The topological polar surface area (TPSA) is 44.7 Å². The van der Waals surface area contributed by atoms with Crippen molar-refractivity contribution in [2.24, 2.45) is 5.92 Å². The molecule has 4 nitrogen and oxygen atoms in total. The minimum absolute atomic E-state index is 0.278. The highest BCUT2D eigenvalue weighted by Gasteiger charge is 2.33. The van der Waals surface area contributed by atoms with Crippen LogP contribution in [0.5, 0.6) is 11.5 Å². The van der Waals surface area contributed by atoms with Gasteiger partial charge >= 0.3 is 0 Å². The second kappa shape index (κ2) is 6.02. The predicted molar refractivity (Wildman–Crippen MR) is 79.2 cm³/mol. The van der Waals surface area contributed by atoms with Crippen molar-refractivity contribution in [1.29, 1.82) is 0 Å². The molecule has 0 amide bonds. The Balaban J connectivity index is 1.90. The Morgan fingerprint density at radius 3 is 2.75 bits per heavy atom. The molecule has 110 valence electrons. The lowest BCUT2D eigenvalue weighted by Gasteiger charge is -2.36. The fourth-order valence-electron chi connectivity index (χ4n) is 3.16. The molecule has 1 saturated heterocycles. The molecule has 1 aromatic carbocycles. The number of aromatic hydroxyl groups is 1. The van der Waals surface area contributed by atoms with Gasteiger partial charge in [0.25, 0.3) is 0 Å². The number of nitrogens with one attached hydrogen (secondary N) is 1. The summed E-state index contributed by atoms with van der Waals surface area (Å²) >= 11 is 0. The molecule has 20 heavy (non-hydrogen) atoms. The van der Waals surface area contributed by atoms with Gasteiger partial charge in [0, 0.05) is 32.2 Å². The Bertz CT molecular complexity index is 454. The Morgan fingerprint density at radius 2 is 2.10 bits per heavy atom. The number of piperazine rings is 1. The summed E-state index contributed by atoms with van der Waals surface area (Å²) in [5.41, 5.74) is 0.976. The fraction of sp³-hybridized carbons (Fsp3) is 0.625. The van der Waals surface area contributed by atoms with Gasteiger partial charge in [-0.15, -0.1) is 0 Å². The van der Waals surface area contributed by atoms with E-state index in [1.165, 1.54) is 12.8 Å². The second-order valence-corrected chi connectivity index (χ2v) is 5.87. The van der Waals surface area contributed by atoms with Crippen LogP contribution in [-0.2, 0) is 0 Å². The molecular formula is C16H24N2O2. The number of nitrogens with zero attached hydrogens (tertiary/aromatic N) is 1. The van der Waals surface area contributed by atoms with E-state index in [0.29, 0.717) is 5.75 Å². The zero-order valence-electron chi connectivity index (χ0n) is 12.1. The summed E-state index contributed by atoms with van der Waals surface area (Å²) in [6.45, 7) is 4.12. The number of hydrogen-bond acceptors (Lipinski definition) is 4. The lowest BCUT2D eigenvalue weighted by atomic mass is 9.96. The summed E-state index contributed by atoms with van der Waals surface area (Å²) in [5.74, 6) is 2.00. The van der Waals surface area contributed by atoms with E-state index in [2.05, 4.69) is 10.2 Å². The summed E-state index contributed by atoms with van der Waals surface area (Å²) in [6, 6.07) is 5.86. The highest BCUT2D eigenvalue weighted by molar-refractivity contribution is 5.46. The maximum absolute atomic E-state index is 10.3. The molecule has 1 aromatic rings. The van der Waals surface area contributed by atoms with E-state index in [0.717, 1.165) is 49.8 Å². The Hall–Kier alpha value is -1.26. The molecule has 2 aliphatic rings. The van der Waals surface area contributed by atoms with Crippen LogP contribution in [0.2, 0.25) is 0 Å². The van der Waals surface area contributed by atoms with Crippen LogP contribution >= 0.6 is 0 Å². The van der Waals surface area contributed by atoms with Gasteiger partial charge in [0.2, 0.25) is 0 Å². The minimum atomic E-state index is 0.278. The first-order chi connectivity index (χ1) is 9.79. The van der Waals surface area contributed by atoms with E-state index >= 15 is 0 Å². The third-order valence-electron chi connectivity index (χ3n) is 4.44. The molecular weight excluding hydrogens is 252 g/mol. The lowest BCUT2D eigenvalue weighted by molar-refractivity contribution is 0.155. The Morgan fingerprint density at radius 1 is 1.35 bits per heavy atom. The fourth-order valence-corrected chi connectivity index (χ4v) is 3.16. The largest absolute Gasteiger partial charge is 0.507 e. The van der Waals surface area contributed by atoms with Gasteiger partial charge in [-0.2, -0.15) is 0 Å². The predicted octanol–water partition coefficient (Wildman–Crippen LogP) is 2.15. The first-order valence-corrected chi connectivity index (χ1v) is 7.60. The summed E-state index contributed by atoms with van der Waals surface area (Å²) in [7, 11) is 1.68. The molecule has 2 fully saturated rings. The zero-order valence-corrected chi connectivity index (χ0v) is 12.1. The van der Waals surface area contributed by atoms with Crippen molar-refractivity contribution >= 4 is 0 Å². The van der Waals surface area contributed by atoms with E-state index in [1.54, 1.807) is 13.2 Å². The molecule has 1 aliphatic carbocycles. The van der Waals surface area contributed by atoms with Crippen molar-refractivity contribution in [3.05, 3.63) is 23.8 Å². The van der Waals surface area contributed by atoms with Gasteiger partial charge in [0.05, 0.1) is 12.7 Å². The average molecular weight is 276 g/mol.